The van der Waals surface area contributed by atoms with Crippen molar-refractivity contribution in [1.82, 2.24) is 19.7 Å². The number of fused-ring (bicyclic) bond motifs is 1. The van der Waals surface area contributed by atoms with Crippen LogP contribution in [0.4, 0.5) is 10.2 Å². The number of nitrogens with one attached hydrogen (secondary N) is 1. The monoisotopic (exact) mass is 257 g/mol. The maximum absolute atomic E-state index is 12.9. The van der Waals surface area contributed by atoms with Crippen LogP contribution in [0.3, 0.4) is 0 Å². The number of halogens is 1. The molecular formula is C13H12FN5. The second kappa shape index (κ2) is 4.64. The van der Waals surface area contributed by atoms with Gasteiger partial charge in [0.25, 0.3) is 0 Å². The zero-order valence-corrected chi connectivity index (χ0v) is 10.3. The van der Waals surface area contributed by atoms with Gasteiger partial charge < -0.3 is 5.32 Å². The van der Waals surface area contributed by atoms with Crippen molar-refractivity contribution < 1.29 is 4.39 Å². The van der Waals surface area contributed by atoms with E-state index in [4.69, 9.17) is 0 Å². The van der Waals surface area contributed by atoms with Gasteiger partial charge in [0.15, 0.2) is 5.65 Å². The van der Waals surface area contributed by atoms with E-state index in [1.807, 2.05) is 6.92 Å². The lowest BCUT2D eigenvalue weighted by Gasteiger charge is -2.04. The van der Waals surface area contributed by atoms with Gasteiger partial charge in [-0.3, -0.25) is 0 Å². The first-order valence-corrected chi connectivity index (χ1v) is 5.98. The lowest BCUT2D eigenvalue weighted by atomic mass is 10.3. The van der Waals surface area contributed by atoms with Crippen molar-refractivity contribution in [1.29, 1.82) is 0 Å². The molecule has 3 aromatic rings. The molecule has 0 unspecified atom stereocenters. The van der Waals surface area contributed by atoms with Gasteiger partial charge in [-0.1, -0.05) is 0 Å². The highest BCUT2D eigenvalue weighted by molar-refractivity contribution is 5.87. The third-order valence-corrected chi connectivity index (χ3v) is 2.78. The highest BCUT2D eigenvalue weighted by Crippen LogP contribution is 2.21. The van der Waals surface area contributed by atoms with E-state index in [9.17, 15) is 4.39 Å². The summed E-state index contributed by atoms with van der Waals surface area (Å²) in [7, 11) is 0. The summed E-state index contributed by atoms with van der Waals surface area (Å²) in [5, 5.41) is 8.29. The molecule has 0 aliphatic carbocycles. The maximum atomic E-state index is 12.9. The fourth-order valence-electron chi connectivity index (χ4n) is 1.92. The molecule has 5 nitrogen and oxygen atoms in total. The van der Waals surface area contributed by atoms with Gasteiger partial charge in [-0.25, -0.2) is 19.0 Å². The maximum Gasteiger partial charge on any atom is 0.168 e. The van der Waals surface area contributed by atoms with Crippen molar-refractivity contribution in [3.8, 4) is 5.69 Å². The van der Waals surface area contributed by atoms with Crippen molar-refractivity contribution in [3.05, 3.63) is 42.6 Å². The lowest BCUT2D eigenvalue weighted by molar-refractivity contribution is 0.627. The number of benzene rings is 1. The Bertz CT molecular complexity index is 705. The number of hydrogen-bond donors (Lipinski definition) is 1. The molecule has 19 heavy (non-hydrogen) atoms. The summed E-state index contributed by atoms with van der Waals surface area (Å²) in [4.78, 5) is 8.42. The molecular weight excluding hydrogens is 245 g/mol. The van der Waals surface area contributed by atoms with Crippen LogP contribution in [-0.2, 0) is 0 Å². The standard InChI is InChI=1S/C13H12FN5/c1-2-15-12-11-7-18-19(13(11)17-8-16-12)10-5-3-9(14)4-6-10/h3-8H,2H2,1H3,(H,15,16,17). The number of hydrogen-bond acceptors (Lipinski definition) is 4. The van der Waals surface area contributed by atoms with Crippen LogP contribution < -0.4 is 5.32 Å². The van der Waals surface area contributed by atoms with Gasteiger partial charge in [0.2, 0.25) is 0 Å². The van der Waals surface area contributed by atoms with E-state index < -0.39 is 0 Å². The minimum atomic E-state index is -0.275. The van der Waals surface area contributed by atoms with Crippen LogP contribution in [0.15, 0.2) is 36.8 Å². The molecule has 2 heterocycles. The predicted octanol–water partition coefficient (Wildman–Crippen LogP) is 2.39. The Balaban J connectivity index is 2.15. The quantitative estimate of drug-likeness (QED) is 0.782. The Morgan fingerprint density at radius 3 is 2.74 bits per heavy atom. The Labute approximate surface area is 109 Å². The molecule has 96 valence electrons. The van der Waals surface area contributed by atoms with Gasteiger partial charge in [-0.05, 0) is 31.2 Å². The fraction of sp³-hybridized carbons (Fsp3) is 0.154. The lowest BCUT2D eigenvalue weighted by Crippen LogP contribution is -2.01. The summed E-state index contributed by atoms with van der Waals surface area (Å²) >= 11 is 0. The van der Waals surface area contributed by atoms with E-state index >= 15 is 0 Å². The Kier molecular flexibility index (Phi) is 2.83. The zero-order valence-electron chi connectivity index (χ0n) is 10.3. The summed E-state index contributed by atoms with van der Waals surface area (Å²) < 4.78 is 14.6. The first-order valence-electron chi connectivity index (χ1n) is 5.98. The third-order valence-electron chi connectivity index (χ3n) is 2.78. The molecule has 0 amide bonds. The highest BCUT2D eigenvalue weighted by Gasteiger charge is 2.10. The molecule has 1 N–H and O–H groups in total. The summed E-state index contributed by atoms with van der Waals surface area (Å²) in [5.41, 5.74) is 1.45. The van der Waals surface area contributed by atoms with Crippen LogP contribution in [0.2, 0.25) is 0 Å². The van der Waals surface area contributed by atoms with E-state index in [-0.39, 0.29) is 5.82 Å². The molecule has 0 saturated heterocycles. The topological polar surface area (TPSA) is 55.6 Å². The van der Waals surface area contributed by atoms with Crippen LogP contribution in [-0.4, -0.2) is 26.3 Å². The van der Waals surface area contributed by atoms with E-state index in [0.29, 0.717) is 5.65 Å². The van der Waals surface area contributed by atoms with E-state index in [2.05, 4.69) is 20.4 Å². The molecule has 0 bridgehead atoms. The van der Waals surface area contributed by atoms with Gasteiger partial charge in [0.1, 0.15) is 18.0 Å². The molecule has 0 saturated carbocycles. The van der Waals surface area contributed by atoms with Crippen molar-refractivity contribution in [2.24, 2.45) is 0 Å². The number of aromatic nitrogens is 4. The van der Waals surface area contributed by atoms with Gasteiger partial charge >= 0.3 is 0 Å². The zero-order chi connectivity index (χ0) is 13.2. The summed E-state index contributed by atoms with van der Waals surface area (Å²) in [6.07, 6.45) is 3.19. The van der Waals surface area contributed by atoms with E-state index in [1.54, 1.807) is 23.0 Å². The molecule has 0 aliphatic rings. The highest BCUT2D eigenvalue weighted by atomic mass is 19.1. The van der Waals surface area contributed by atoms with Gasteiger partial charge in [-0.15, -0.1) is 0 Å². The SMILES string of the molecule is CCNc1ncnc2c1cnn2-c1ccc(F)cc1. The minimum absolute atomic E-state index is 0.275. The van der Waals surface area contributed by atoms with Crippen molar-refractivity contribution in [2.45, 2.75) is 6.92 Å². The average molecular weight is 257 g/mol. The Morgan fingerprint density at radius 1 is 1.21 bits per heavy atom. The molecule has 0 radical (unpaired) electrons. The minimum Gasteiger partial charge on any atom is -0.370 e. The number of nitrogens with zero attached hydrogens (tertiary/aromatic N) is 4. The van der Waals surface area contributed by atoms with Crippen LogP contribution in [0.25, 0.3) is 16.7 Å². The van der Waals surface area contributed by atoms with E-state index in [0.717, 1.165) is 23.4 Å². The van der Waals surface area contributed by atoms with Crippen molar-refractivity contribution in [3.63, 3.8) is 0 Å². The molecule has 6 heteroatoms. The second-order valence-electron chi connectivity index (χ2n) is 4.02. The van der Waals surface area contributed by atoms with Crippen LogP contribution >= 0.6 is 0 Å². The number of rotatable bonds is 3. The van der Waals surface area contributed by atoms with E-state index in [1.165, 1.54) is 18.5 Å². The molecule has 0 aliphatic heterocycles. The molecule has 3 rings (SSSR count). The summed E-state index contributed by atoms with van der Waals surface area (Å²) in [5.74, 6) is 0.476. The normalized spacial score (nSPS) is 10.8. The molecule has 0 atom stereocenters. The number of anilines is 1. The smallest absolute Gasteiger partial charge is 0.168 e. The van der Waals surface area contributed by atoms with Crippen molar-refractivity contribution >= 4 is 16.9 Å². The first kappa shape index (κ1) is 11.6. The summed E-state index contributed by atoms with van der Waals surface area (Å²) in [6.45, 7) is 2.77. The first-order chi connectivity index (χ1) is 9.29. The van der Waals surface area contributed by atoms with Crippen LogP contribution in [0.5, 0.6) is 0 Å². The fourth-order valence-corrected chi connectivity index (χ4v) is 1.92. The van der Waals surface area contributed by atoms with Crippen LogP contribution in [0, 0.1) is 5.82 Å². The summed E-state index contributed by atoms with van der Waals surface area (Å²) in [6, 6.07) is 6.12. The van der Waals surface area contributed by atoms with Crippen LogP contribution in [0.1, 0.15) is 6.92 Å². The molecule has 2 aromatic heterocycles. The van der Waals surface area contributed by atoms with Gasteiger partial charge in [0, 0.05) is 6.54 Å². The Morgan fingerprint density at radius 2 is 2.00 bits per heavy atom. The third kappa shape index (κ3) is 2.01. The molecule has 0 fully saturated rings. The predicted molar refractivity (Wildman–Crippen MR) is 70.8 cm³/mol. The Hall–Kier alpha value is -2.50. The average Bonchev–Trinajstić information content (AvgIpc) is 2.85. The van der Waals surface area contributed by atoms with Gasteiger partial charge in [0.05, 0.1) is 17.3 Å². The van der Waals surface area contributed by atoms with Gasteiger partial charge in [-0.2, -0.15) is 5.10 Å². The molecule has 1 aromatic carbocycles. The largest absolute Gasteiger partial charge is 0.370 e. The second-order valence-corrected chi connectivity index (χ2v) is 4.02. The van der Waals surface area contributed by atoms with Crippen molar-refractivity contribution in [2.75, 3.05) is 11.9 Å². The molecule has 0 spiro atoms.